The number of anilines is 1. The highest BCUT2D eigenvalue weighted by atomic mass is 32.2. The first-order valence-corrected chi connectivity index (χ1v) is 6.64. The summed E-state index contributed by atoms with van der Waals surface area (Å²) in [7, 11) is -4.36. The van der Waals surface area contributed by atoms with Gasteiger partial charge in [0.05, 0.1) is 10.6 Å². The van der Waals surface area contributed by atoms with Gasteiger partial charge in [0.25, 0.3) is 0 Å². The Balaban J connectivity index is 3.17. The third-order valence-corrected chi connectivity index (χ3v) is 4.23. The molecule has 0 heterocycles. The normalized spacial score (nSPS) is 12.9. The van der Waals surface area contributed by atoms with E-state index < -0.39 is 39.1 Å². The molecular formula is C10H12F4N2O2S. The Morgan fingerprint density at radius 3 is 2.32 bits per heavy atom. The van der Waals surface area contributed by atoms with E-state index in [1.807, 2.05) is 0 Å². The lowest BCUT2D eigenvalue weighted by Crippen LogP contribution is -2.38. The number of rotatable bonds is 4. The van der Waals surface area contributed by atoms with Gasteiger partial charge in [-0.3, -0.25) is 0 Å². The number of hydrogen-bond donors (Lipinski definition) is 1. The molecule has 1 aromatic carbocycles. The SMILES string of the molecule is CCN(CC(F)(F)F)S(=O)(=O)c1ccc(F)c(N)c1. The molecule has 0 fully saturated rings. The van der Waals surface area contributed by atoms with Crippen molar-refractivity contribution >= 4 is 15.7 Å². The van der Waals surface area contributed by atoms with Gasteiger partial charge in [0.1, 0.15) is 12.4 Å². The van der Waals surface area contributed by atoms with Gasteiger partial charge in [-0.1, -0.05) is 6.92 Å². The standard InChI is InChI=1S/C10H12F4N2O2S/c1-2-16(6-10(12,13)14)19(17,18)7-3-4-8(11)9(15)5-7/h3-5H,2,6,15H2,1H3. The summed E-state index contributed by atoms with van der Waals surface area (Å²) >= 11 is 0. The minimum Gasteiger partial charge on any atom is -0.396 e. The Morgan fingerprint density at radius 2 is 1.89 bits per heavy atom. The largest absolute Gasteiger partial charge is 0.402 e. The molecule has 0 bridgehead atoms. The maximum absolute atomic E-state index is 12.9. The quantitative estimate of drug-likeness (QED) is 0.683. The van der Waals surface area contributed by atoms with E-state index in [4.69, 9.17) is 5.73 Å². The van der Waals surface area contributed by atoms with Gasteiger partial charge in [-0.15, -0.1) is 0 Å². The summed E-state index contributed by atoms with van der Waals surface area (Å²) in [4.78, 5) is -0.475. The van der Waals surface area contributed by atoms with Gasteiger partial charge in [-0.2, -0.15) is 17.5 Å². The van der Waals surface area contributed by atoms with Crippen LogP contribution in [0.5, 0.6) is 0 Å². The molecule has 0 aliphatic heterocycles. The number of hydrogen-bond acceptors (Lipinski definition) is 3. The molecule has 1 aromatic rings. The summed E-state index contributed by atoms with van der Waals surface area (Å²) in [5.74, 6) is -0.835. The highest BCUT2D eigenvalue weighted by Gasteiger charge is 2.36. The van der Waals surface area contributed by atoms with Gasteiger partial charge < -0.3 is 5.73 Å². The topological polar surface area (TPSA) is 63.4 Å². The third kappa shape index (κ3) is 3.80. The minimum atomic E-state index is -4.66. The van der Waals surface area contributed by atoms with Gasteiger partial charge in [0.2, 0.25) is 10.0 Å². The van der Waals surface area contributed by atoms with E-state index in [9.17, 15) is 26.0 Å². The van der Waals surface area contributed by atoms with Gasteiger partial charge >= 0.3 is 6.18 Å². The van der Waals surface area contributed by atoms with Crippen molar-refractivity contribution in [2.45, 2.75) is 18.0 Å². The van der Waals surface area contributed by atoms with E-state index in [2.05, 4.69) is 0 Å². The summed E-state index contributed by atoms with van der Waals surface area (Å²) in [5.41, 5.74) is 4.77. The van der Waals surface area contributed by atoms with Crippen molar-refractivity contribution < 1.29 is 26.0 Å². The highest BCUT2D eigenvalue weighted by molar-refractivity contribution is 7.89. The molecule has 0 spiro atoms. The summed E-state index contributed by atoms with van der Waals surface area (Å²) in [5, 5.41) is 0. The van der Waals surface area contributed by atoms with Crippen LogP contribution in [0.15, 0.2) is 23.1 Å². The number of alkyl halides is 3. The van der Waals surface area contributed by atoms with Crippen molar-refractivity contribution in [1.29, 1.82) is 0 Å². The van der Waals surface area contributed by atoms with Crippen molar-refractivity contribution in [3.05, 3.63) is 24.0 Å². The zero-order valence-corrected chi connectivity index (χ0v) is 10.7. The lowest BCUT2D eigenvalue weighted by Gasteiger charge is -2.21. The van der Waals surface area contributed by atoms with E-state index in [-0.39, 0.29) is 10.8 Å². The maximum Gasteiger partial charge on any atom is 0.402 e. The molecule has 0 saturated heterocycles. The lowest BCUT2D eigenvalue weighted by atomic mass is 10.3. The van der Waals surface area contributed by atoms with Gasteiger partial charge in [0.15, 0.2) is 0 Å². The second kappa shape index (κ2) is 5.33. The summed E-state index contributed by atoms with van der Waals surface area (Å²) < 4.78 is 74.0. The fraction of sp³-hybridized carbons (Fsp3) is 0.400. The number of sulfonamides is 1. The van der Waals surface area contributed by atoms with Crippen LogP contribution in [-0.2, 0) is 10.0 Å². The molecule has 0 amide bonds. The van der Waals surface area contributed by atoms with Crippen molar-refractivity contribution in [2.75, 3.05) is 18.8 Å². The van der Waals surface area contributed by atoms with Crippen LogP contribution in [-0.4, -0.2) is 32.0 Å². The average Bonchev–Trinajstić information content (AvgIpc) is 2.28. The Morgan fingerprint density at radius 1 is 1.32 bits per heavy atom. The monoisotopic (exact) mass is 300 g/mol. The Hall–Kier alpha value is -1.35. The Labute approximate surface area is 107 Å². The van der Waals surface area contributed by atoms with Crippen LogP contribution >= 0.6 is 0 Å². The Bertz CT molecular complexity index is 557. The number of nitrogen functional groups attached to an aromatic ring is 1. The molecular weight excluding hydrogens is 288 g/mol. The predicted molar refractivity (Wildman–Crippen MR) is 61.3 cm³/mol. The van der Waals surface area contributed by atoms with Crippen LogP contribution in [0, 0.1) is 5.82 Å². The van der Waals surface area contributed by atoms with Crippen LogP contribution in [0.2, 0.25) is 0 Å². The molecule has 9 heteroatoms. The second-order valence-electron chi connectivity index (χ2n) is 3.73. The van der Waals surface area contributed by atoms with Crippen molar-refractivity contribution in [2.24, 2.45) is 0 Å². The molecule has 0 radical (unpaired) electrons. The summed E-state index contributed by atoms with van der Waals surface area (Å²) in [6.07, 6.45) is -4.66. The number of nitrogens with zero attached hydrogens (tertiary/aromatic N) is 1. The van der Waals surface area contributed by atoms with Crippen molar-refractivity contribution in [1.82, 2.24) is 4.31 Å². The van der Waals surface area contributed by atoms with E-state index >= 15 is 0 Å². The molecule has 0 aromatic heterocycles. The van der Waals surface area contributed by atoms with Crippen LogP contribution in [0.4, 0.5) is 23.2 Å². The molecule has 0 atom stereocenters. The number of halogens is 4. The first-order valence-electron chi connectivity index (χ1n) is 5.20. The zero-order chi connectivity index (χ0) is 14.8. The minimum absolute atomic E-state index is 0.250. The first kappa shape index (κ1) is 15.7. The molecule has 19 heavy (non-hydrogen) atoms. The summed E-state index contributed by atoms with van der Waals surface area (Å²) in [6, 6.07) is 2.47. The number of nitrogens with two attached hydrogens (primary N) is 1. The van der Waals surface area contributed by atoms with Gasteiger partial charge in [0, 0.05) is 6.54 Å². The van der Waals surface area contributed by atoms with Gasteiger partial charge in [-0.25, -0.2) is 12.8 Å². The van der Waals surface area contributed by atoms with Crippen molar-refractivity contribution in [3.63, 3.8) is 0 Å². The predicted octanol–water partition coefficient (Wildman–Crippen LogP) is 1.98. The fourth-order valence-corrected chi connectivity index (χ4v) is 2.87. The van der Waals surface area contributed by atoms with Crippen LogP contribution in [0.1, 0.15) is 6.92 Å². The molecule has 4 nitrogen and oxygen atoms in total. The zero-order valence-electron chi connectivity index (χ0n) is 9.91. The van der Waals surface area contributed by atoms with E-state index in [1.165, 1.54) is 6.92 Å². The lowest BCUT2D eigenvalue weighted by molar-refractivity contribution is -0.135. The second-order valence-corrected chi connectivity index (χ2v) is 5.67. The van der Waals surface area contributed by atoms with Crippen molar-refractivity contribution in [3.8, 4) is 0 Å². The molecule has 0 unspecified atom stereocenters. The van der Waals surface area contributed by atoms with E-state index in [1.54, 1.807) is 0 Å². The highest BCUT2D eigenvalue weighted by Crippen LogP contribution is 2.24. The van der Waals surface area contributed by atoms with Gasteiger partial charge in [-0.05, 0) is 18.2 Å². The molecule has 1 rings (SSSR count). The number of benzene rings is 1. The van der Waals surface area contributed by atoms with Crippen LogP contribution in [0.25, 0.3) is 0 Å². The van der Waals surface area contributed by atoms with Crippen LogP contribution < -0.4 is 5.73 Å². The third-order valence-electron chi connectivity index (χ3n) is 2.31. The molecule has 108 valence electrons. The maximum atomic E-state index is 12.9. The molecule has 2 N–H and O–H groups in total. The smallest absolute Gasteiger partial charge is 0.396 e. The van der Waals surface area contributed by atoms with E-state index in [0.717, 1.165) is 18.2 Å². The average molecular weight is 300 g/mol. The van der Waals surface area contributed by atoms with Crippen LogP contribution in [0.3, 0.4) is 0 Å². The summed E-state index contributed by atoms with van der Waals surface area (Å²) in [6.45, 7) is -0.696. The first-order chi connectivity index (χ1) is 8.58. The fourth-order valence-electron chi connectivity index (χ4n) is 1.40. The molecule has 0 aliphatic rings. The van der Waals surface area contributed by atoms with E-state index in [0.29, 0.717) is 0 Å². The molecule has 0 saturated carbocycles. The molecule has 0 aliphatic carbocycles. The Kier molecular flexibility index (Phi) is 4.41.